The van der Waals surface area contributed by atoms with Gasteiger partial charge in [0.25, 0.3) is 0 Å². The van der Waals surface area contributed by atoms with Gasteiger partial charge in [-0.2, -0.15) is 0 Å². The number of nitrogens with two attached hydrogens (primary N) is 1. The highest BCUT2D eigenvalue weighted by Gasteiger charge is 2.08. The first-order valence-corrected chi connectivity index (χ1v) is 8.78. The molecule has 0 radical (unpaired) electrons. The van der Waals surface area contributed by atoms with E-state index in [0.29, 0.717) is 6.61 Å². The zero-order chi connectivity index (χ0) is 19.1. The van der Waals surface area contributed by atoms with E-state index in [2.05, 4.69) is 25.6 Å². The summed E-state index contributed by atoms with van der Waals surface area (Å²) in [6, 6.07) is 10.2. The van der Waals surface area contributed by atoms with Crippen molar-refractivity contribution in [3.05, 3.63) is 77.7 Å². The second-order valence-electron chi connectivity index (χ2n) is 5.10. The molecular weight excluding hydrogens is 310 g/mol. The van der Waals surface area contributed by atoms with Crippen molar-refractivity contribution in [2.75, 3.05) is 20.8 Å². The highest BCUT2D eigenvalue weighted by atomic mass is 16.5. The van der Waals surface area contributed by atoms with Crippen LogP contribution in [0.3, 0.4) is 0 Å². The Morgan fingerprint density at radius 3 is 2.24 bits per heavy atom. The van der Waals surface area contributed by atoms with Gasteiger partial charge >= 0.3 is 0 Å². The van der Waals surface area contributed by atoms with Crippen molar-refractivity contribution in [1.82, 2.24) is 0 Å². The number of hydrogen-bond donors (Lipinski definition) is 1. The average molecular weight is 344 g/mol. The quantitative estimate of drug-likeness (QED) is 0.477. The lowest BCUT2D eigenvalue weighted by molar-refractivity contribution is 0.159. The molecule has 3 nitrogen and oxygen atoms in total. The highest BCUT2D eigenvalue weighted by molar-refractivity contribution is 5.72. The molecule has 0 atom stereocenters. The lowest BCUT2D eigenvalue weighted by Crippen LogP contribution is -2.05. The van der Waals surface area contributed by atoms with Crippen LogP contribution in [0.25, 0.3) is 5.57 Å². The average Bonchev–Trinajstić information content (AvgIpc) is 2.67. The zero-order valence-electron chi connectivity index (χ0n) is 16.3. The SMILES string of the molecule is C=CC(=C\C=C(/COC)OC)/C(N)=C(\CCC)c1ccccc1.CC. The predicted octanol–water partition coefficient (Wildman–Crippen LogP) is 5.47. The number of ether oxygens (including phenoxy) is 2. The van der Waals surface area contributed by atoms with Gasteiger partial charge in [0, 0.05) is 12.8 Å². The number of allylic oxidation sites excluding steroid dienone is 4. The van der Waals surface area contributed by atoms with Crippen molar-refractivity contribution >= 4 is 5.57 Å². The van der Waals surface area contributed by atoms with Gasteiger partial charge in [-0.15, -0.1) is 0 Å². The van der Waals surface area contributed by atoms with Crippen molar-refractivity contribution in [3.8, 4) is 0 Å². The van der Waals surface area contributed by atoms with E-state index in [9.17, 15) is 0 Å². The maximum atomic E-state index is 6.43. The molecule has 0 unspecified atom stereocenters. The van der Waals surface area contributed by atoms with Crippen molar-refractivity contribution in [2.45, 2.75) is 33.6 Å². The largest absolute Gasteiger partial charge is 0.499 e. The third-order valence-corrected chi connectivity index (χ3v) is 3.48. The molecule has 1 aromatic carbocycles. The molecule has 0 spiro atoms. The van der Waals surface area contributed by atoms with Crippen LogP contribution in [0.1, 0.15) is 39.2 Å². The molecule has 138 valence electrons. The van der Waals surface area contributed by atoms with Crippen LogP contribution in [0.5, 0.6) is 0 Å². The molecule has 25 heavy (non-hydrogen) atoms. The minimum atomic E-state index is 0.418. The van der Waals surface area contributed by atoms with Gasteiger partial charge in [-0.05, 0) is 35.3 Å². The van der Waals surface area contributed by atoms with Crippen molar-refractivity contribution in [1.29, 1.82) is 0 Å². The molecule has 0 saturated carbocycles. The van der Waals surface area contributed by atoms with E-state index in [4.69, 9.17) is 15.2 Å². The topological polar surface area (TPSA) is 44.5 Å². The molecule has 0 aliphatic carbocycles. The Kier molecular flexibility index (Phi) is 12.8. The van der Waals surface area contributed by atoms with Gasteiger partial charge in [0.1, 0.15) is 12.4 Å². The van der Waals surface area contributed by atoms with Gasteiger partial charge in [0.2, 0.25) is 0 Å². The molecule has 0 heterocycles. The van der Waals surface area contributed by atoms with Crippen LogP contribution >= 0.6 is 0 Å². The third-order valence-electron chi connectivity index (χ3n) is 3.48. The molecule has 0 aromatic heterocycles. The summed E-state index contributed by atoms with van der Waals surface area (Å²) in [5, 5.41) is 0. The van der Waals surface area contributed by atoms with Crippen molar-refractivity contribution in [2.24, 2.45) is 5.73 Å². The van der Waals surface area contributed by atoms with Crippen molar-refractivity contribution < 1.29 is 9.47 Å². The van der Waals surface area contributed by atoms with Crippen LogP contribution in [-0.4, -0.2) is 20.8 Å². The van der Waals surface area contributed by atoms with Gasteiger partial charge in [-0.3, -0.25) is 0 Å². The highest BCUT2D eigenvalue weighted by Crippen LogP contribution is 2.25. The summed E-state index contributed by atoms with van der Waals surface area (Å²) in [6.07, 6.45) is 7.49. The first kappa shape index (κ1) is 22.7. The standard InChI is InChI=1S/C20H27NO2.C2H6/c1-5-10-19(17-11-8-7-9-12-17)20(21)16(6-2)13-14-18(23-4)15-22-3;1-2/h6-9,11-14H,2,5,10,15,21H2,1,3-4H3;1-2H3/b16-13+,18-14+,20-19-;. The summed E-state index contributed by atoms with van der Waals surface area (Å²) in [5.41, 5.74) is 10.3. The summed E-state index contributed by atoms with van der Waals surface area (Å²) in [6.45, 7) is 10.5. The summed E-state index contributed by atoms with van der Waals surface area (Å²) >= 11 is 0. The first-order chi connectivity index (χ1) is 12.2. The maximum Gasteiger partial charge on any atom is 0.121 e. The van der Waals surface area contributed by atoms with E-state index in [0.717, 1.165) is 41.0 Å². The number of benzene rings is 1. The normalized spacial score (nSPS) is 12.7. The van der Waals surface area contributed by atoms with E-state index in [1.54, 1.807) is 20.3 Å². The van der Waals surface area contributed by atoms with Gasteiger partial charge in [-0.25, -0.2) is 0 Å². The van der Waals surface area contributed by atoms with Gasteiger partial charge in [0.05, 0.1) is 7.11 Å². The summed E-state index contributed by atoms with van der Waals surface area (Å²) in [7, 11) is 3.26. The lowest BCUT2D eigenvalue weighted by Gasteiger charge is -2.13. The van der Waals surface area contributed by atoms with Crippen LogP contribution in [0.15, 0.2) is 72.2 Å². The molecule has 0 fully saturated rings. The molecule has 0 saturated heterocycles. The monoisotopic (exact) mass is 343 g/mol. The molecule has 1 rings (SSSR count). The molecule has 0 bridgehead atoms. The molecular formula is C22H33NO2. The molecule has 0 aliphatic rings. The molecule has 1 aromatic rings. The van der Waals surface area contributed by atoms with E-state index in [1.807, 2.05) is 44.2 Å². The summed E-state index contributed by atoms with van der Waals surface area (Å²) in [4.78, 5) is 0. The number of methoxy groups -OCH3 is 2. The fourth-order valence-electron chi connectivity index (χ4n) is 2.27. The Morgan fingerprint density at radius 2 is 1.76 bits per heavy atom. The third kappa shape index (κ3) is 7.90. The number of hydrogen-bond acceptors (Lipinski definition) is 3. The summed E-state index contributed by atoms with van der Waals surface area (Å²) in [5.74, 6) is 0.733. The van der Waals surface area contributed by atoms with Gasteiger partial charge in [0.15, 0.2) is 0 Å². The Morgan fingerprint density at radius 1 is 1.12 bits per heavy atom. The Balaban J connectivity index is 0.00000277. The fourth-order valence-corrected chi connectivity index (χ4v) is 2.27. The number of rotatable bonds is 9. The fraction of sp³-hybridized carbons (Fsp3) is 0.364. The predicted molar refractivity (Wildman–Crippen MR) is 109 cm³/mol. The molecule has 0 amide bonds. The second kappa shape index (κ2) is 14.1. The summed E-state index contributed by atoms with van der Waals surface area (Å²) < 4.78 is 10.3. The first-order valence-electron chi connectivity index (χ1n) is 8.78. The smallest absolute Gasteiger partial charge is 0.121 e. The Hall–Kier alpha value is -2.26. The Bertz CT molecular complexity index is 583. The van der Waals surface area contributed by atoms with Crippen molar-refractivity contribution in [3.63, 3.8) is 0 Å². The van der Waals surface area contributed by atoms with Gasteiger partial charge in [-0.1, -0.05) is 70.2 Å². The van der Waals surface area contributed by atoms with E-state index < -0.39 is 0 Å². The van der Waals surface area contributed by atoms with Crippen LogP contribution in [0.4, 0.5) is 0 Å². The molecule has 2 N–H and O–H groups in total. The second-order valence-corrected chi connectivity index (χ2v) is 5.10. The molecule has 3 heteroatoms. The van der Waals surface area contributed by atoms with E-state index in [-0.39, 0.29) is 0 Å². The zero-order valence-corrected chi connectivity index (χ0v) is 16.3. The van der Waals surface area contributed by atoms with Crippen LogP contribution in [0.2, 0.25) is 0 Å². The Labute approximate surface area is 153 Å². The van der Waals surface area contributed by atoms with Crippen LogP contribution in [0, 0.1) is 0 Å². The minimum absolute atomic E-state index is 0.418. The van der Waals surface area contributed by atoms with Crippen LogP contribution in [-0.2, 0) is 9.47 Å². The van der Waals surface area contributed by atoms with Gasteiger partial charge < -0.3 is 15.2 Å². The van der Waals surface area contributed by atoms with E-state index >= 15 is 0 Å². The van der Waals surface area contributed by atoms with E-state index in [1.165, 1.54) is 0 Å². The minimum Gasteiger partial charge on any atom is -0.499 e. The molecule has 0 aliphatic heterocycles. The lowest BCUT2D eigenvalue weighted by atomic mass is 9.96. The van der Waals surface area contributed by atoms with Crippen LogP contribution < -0.4 is 5.73 Å². The maximum absolute atomic E-state index is 6.43.